The van der Waals surface area contributed by atoms with Crippen LogP contribution in [0.3, 0.4) is 0 Å². The smallest absolute Gasteiger partial charge is 0.0438 e. The zero-order valence-electron chi connectivity index (χ0n) is 13.8. The van der Waals surface area contributed by atoms with Gasteiger partial charge in [0, 0.05) is 20.7 Å². The van der Waals surface area contributed by atoms with Gasteiger partial charge in [0.05, 0.1) is 0 Å². The Morgan fingerprint density at radius 3 is 2.42 bits per heavy atom. The summed E-state index contributed by atoms with van der Waals surface area (Å²) in [5.74, 6) is 0.343. The SMILES string of the molecule is Cc1ccc(C(C)c2ccc3c(c2)Cc2ccccc2S3)cc1Cl. The predicted octanol–water partition coefficient (Wildman–Crippen LogP) is 6.86. The predicted molar refractivity (Wildman–Crippen MR) is 104 cm³/mol. The van der Waals surface area contributed by atoms with E-state index in [0.717, 1.165) is 17.0 Å². The van der Waals surface area contributed by atoms with Crippen molar-refractivity contribution in [3.63, 3.8) is 0 Å². The third-order valence-corrected chi connectivity index (χ3v) is 6.50. The fourth-order valence-corrected chi connectivity index (χ4v) is 4.49. The third-order valence-electron chi connectivity index (χ3n) is 4.85. The van der Waals surface area contributed by atoms with E-state index in [1.54, 1.807) is 0 Å². The maximum Gasteiger partial charge on any atom is 0.0438 e. The van der Waals surface area contributed by atoms with Crippen LogP contribution in [0, 0.1) is 6.92 Å². The summed E-state index contributed by atoms with van der Waals surface area (Å²) >= 11 is 8.20. The lowest BCUT2D eigenvalue weighted by Gasteiger charge is -2.21. The highest BCUT2D eigenvalue weighted by Gasteiger charge is 2.18. The summed E-state index contributed by atoms with van der Waals surface area (Å²) in [6.45, 7) is 4.30. The van der Waals surface area contributed by atoms with Crippen LogP contribution in [0.2, 0.25) is 5.02 Å². The number of aryl methyl sites for hydroxylation is 1. The van der Waals surface area contributed by atoms with Gasteiger partial charge in [0.1, 0.15) is 0 Å². The number of fused-ring (bicyclic) bond motifs is 2. The van der Waals surface area contributed by atoms with E-state index in [1.165, 1.54) is 32.0 Å². The molecule has 0 N–H and O–H groups in total. The third kappa shape index (κ3) is 2.87. The van der Waals surface area contributed by atoms with E-state index < -0.39 is 0 Å². The molecule has 0 aromatic heterocycles. The molecule has 0 spiro atoms. The second-order valence-corrected chi connectivity index (χ2v) is 7.98. The number of hydrogen-bond donors (Lipinski definition) is 0. The summed E-state index contributed by atoms with van der Waals surface area (Å²) in [4.78, 5) is 2.77. The monoisotopic (exact) mass is 350 g/mol. The molecular weight excluding hydrogens is 332 g/mol. The summed E-state index contributed by atoms with van der Waals surface area (Å²) in [5.41, 5.74) is 6.62. The Bertz CT molecular complexity index is 914. The van der Waals surface area contributed by atoms with Crippen molar-refractivity contribution in [2.24, 2.45) is 0 Å². The molecular formula is C22H19ClS. The van der Waals surface area contributed by atoms with Crippen LogP contribution in [0.25, 0.3) is 0 Å². The molecule has 120 valence electrons. The minimum Gasteiger partial charge on any atom is -0.0895 e. The minimum absolute atomic E-state index is 0.343. The first-order valence-corrected chi connectivity index (χ1v) is 9.46. The summed E-state index contributed by atoms with van der Waals surface area (Å²) in [6, 6.07) is 22.0. The Balaban J connectivity index is 1.67. The van der Waals surface area contributed by atoms with E-state index in [1.807, 2.05) is 18.7 Å². The van der Waals surface area contributed by atoms with Crippen molar-refractivity contribution < 1.29 is 0 Å². The van der Waals surface area contributed by atoms with Crippen LogP contribution in [0.5, 0.6) is 0 Å². The first-order chi connectivity index (χ1) is 11.6. The molecule has 2 heteroatoms. The standard InChI is InChI=1S/C22H19ClS/c1-14-7-8-17(13-20(14)23)15(2)16-9-10-22-19(11-16)12-18-5-3-4-6-21(18)24-22/h3-11,13,15H,12H2,1-2H3. The molecule has 0 saturated heterocycles. The van der Waals surface area contributed by atoms with E-state index in [-0.39, 0.29) is 0 Å². The van der Waals surface area contributed by atoms with Crippen molar-refractivity contribution in [3.8, 4) is 0 Å². The minimum atomic E-state index is 0.343. The normalized spacial score (nSPS) is 14.0. The zero-order chi connectivity index (χ0) is 16.7. The van der Waals surface area contributed by atoms with E-state index in [9.17, 15) is 0 Å². The van der Waals surface area contributed by atoms with Gasteiger partial charge in [-0.2, -0.15) is 0 Å². The summed E-state index contributed by atoms with van der Waals surface area (Å²) in [5, 5.41) is 0.849. The molecule has 0 saturated carbocycles. The van der Waals surface area contributed by atoms with Crippen LogP contribution in [0.1, 0.15) is 40.7 Å². The molecule has 24 heavy (non-hydrogen) atoms. The van der Waals surface area contributed by atoms with E-state index in [4.69, 9.17) is 11.6 Å². The molecule has 0 bridgehead atoms. The molecule has 1 aliphatic rings. The number of rotatable bonds is 2. The average Bonchev–Trinajstić information content (AvgIpc) is 2.61. The molecule has 1 heterocycles. The van der Waals surface area contributed by atoms with Crippen LogP contribution in [0.15, 0.2) is 70.5 Å². The van der Waals surface area contributed by atoms with Crippen LogP contribution < -0.4 is 0 Å². The molecule has 1 aliphatic heterocycles. The van der Waals surface area contributed by atoms with Gasteiger partial charge in [0.25, 0.3) is 0 Å². The van der Waals surface area contributed by atoms with Crippen LogP contribution >= 0.6 is 23.4 Å². The van der Waals surface area contributed by atoms with Crippen molar-refractivity contribution in [1.29, 1.82) is 0 Å². The van der Waals surface area contributed by atoms with Gasteiger partial charge in [-0.3, -0.25) is 0 Å². The van der Waals surface area contributed by atoms with Gasteiger partial charge < -0.3 is 0 Å². The molecule has 3 aromatic carbocycles. The second kappa shape index (κ2) is 6.31. The van der Waals surface area contributed by atoms with Crippen LogP contribution in [-0.2, 0) is 6.42 Å². The highest BCUT2D eigenvalue weighted by atomic mass is 35.5. The van der Waals surface area contributed by atoms with Gasteiger partial charge in [0.2, 0.25) is 0 Å². The fourth-order valence-electron chi connectivity index (χ4n) is 3.25. The lowest BCUT2D eigenvalue weighted by atomic mass is 9.90. The number of halogens is 1. The molecule has 0 fully saturated rings. The average molecular weight is 351 g/mol. The zero-order valence-corrected chi connectivity index (χ0v) is 15.4. The number of benzene rings is 3. The first kappa shape index (κ1) is 15.8. The quantitative estimate of drug-likeness (QED) is 0.380. The molecule has 3 aromatic rings. The Kier molecular flexibility index (Phi) is 4.15. The van der Waals surface area contributed by atoms with Crippen molar-refractivity contribution >= 4 is 23.4 Å². The summed E-state index contributed by atoms with van der Waals surface area (Å²) < 4.78 is 0. The van der Waals surface area contributed by atoms with Gasteiger partial charge in [-0.15, -0.1) is 0 Å². The van der Waals surface area contributed by atoms with Gasteiger partial charge >= 0.3 is 0 Å². The van der Waals surface area contributed by atoms with Gasteiger partial charge in [0.15, 0.2) is 0 Å². The Labute approximate surface area is 152 Å². The summed E-state index contributed by atoms with van der Waals surface area (Å²) in [6.07, 6.45) is 1.02. The van der Waals surface area contributed by atoms with Crippen molar-refractivity contribution in [3.05, 3.63) is 93.5 Å². The molecule has 1 atom stereocenters. The van der Waals surface area contributed by atoms with Crippen LogP contribution in [0.4, 0.5) is 0 Å². The summed E-state index contributed by atoms with van der Waals surface area (Å²) in [7, 11) is 0. The molecule has 0 radical (unpaired) electrons. The fraction of sp³-hybridized carbons (Fsp3) is 0.182. The van der Waals surface area contributed by atoms with Gasteiger partial charge in [-0.05, 0) is 59.4 Å². The Morgan fingerprint density at radius 1 is 0.875 bits per heavy atom. The Hall–Kier alpha value is -1.70. The highest BCUT2D eigenvalue weighted by molar-refractivity contribution is 7.99. The maximum atomic E-state index is 6.31. The molecule has 0 nitrogen and oxygen atoms in total. The van der Waals surface area contributed by atoms with Gasteiger partial charge in [-0.1, -0.05) is 72.8 Å². The molecule has 1 unspecified atom stereocenters. The maximum absolute atomic E-state index is 6.31. The second-order valence-electron chi connectivity index (χ2n) is 6.48. The van der Waals surface area contributed by atoms with Crippen molar-refractivity contribution in [1.82, 2.24) is 0 Å². The lowest BCUT2D eigenvalue weighted by molar-refractivity contribution is 0.908. The number of hydrogen-bond acceptors (Lipinski definition) is 1. The lowest BCUT2D eigenvalue weighted by Crippen LogP contribution is -2.03. The topological polar surface area (TPSA) is 0 Å². The molecule has 0 aliphatic carbocycles. The van der Waals surface area contributed by atoms with E-state index in [0.29, 0.717) is 5.92 Å². The highest BCUT2D eigenvalue weighted by Crippen LogP contribution is 2.41. The van der Waals surface area contributed by atoms with Gasteiger partial charge in [-0.25, -0.2) is 0 Å². The van der Waals surface area contributed by atoms with Crippen molar-refractivity contribution in [2.45, 2.75) is 36.0 Å². The first-order valence-electron chi connectivity index (χ1n) is 8.26. The van der Waals surface area contributed by atoms with Crippen molar-refractivity contribution in [2.75, 3.05) is 0 Å². The Morgan fingerprint density at radius 2 is 1.58 bits per heavy atom. The van der Waals surface area contributed by atoms with E-state index >= 15 is 0 Å². The largest absolute Gasteiger partial charge is 0.0895 e. The molecule has 0 amide bonds. The molecule has 4 rings (SSSR count). The van der Waals surface area contributed by atoms with E-state index in [2.05, 4.69) is 67.6 Å². The van der Waals surface area contributed by atoms with Crippen LogP contribution in [-0.4, -0.2) is 0 Å².